The van der Waals surface area contributed by atoms with Crippen LogP contribution in [-0.4, -0.2) is 5.91 Å². The molecule has 0 aliphatic heterocycles. The molecular formula is C14H13BrFNO2. The van der Waals surface area contributed by atoms with Crippen LogP contribution in [0, 0.1) is 5.82 Å². The van der Waals surface area contributed by atoms with Gasteiger partial charge in [-0.15, -0.1) is 0 Å². The number of carbonyl (C=O) groups is 1. The molecule has 0 saturated heterocycles. The van der Waals surface area contributed by atoms with Gasteiger partial charge in [-0.05, 0) is 24.3 Å². The maximum absolute atomic E-state index is 13.5. The van der Waals surface area contributed by atoms with Crippen LogP contribution in [0.1, 0.15) is 28.6 Å². The number of amides is 1. The van der Waals surface area contributed by atoms with Crippen molar-refractivity contribution in [2.45, 2.75) is 19.9 Å². The van der Waals surface area contributed by atoms with Crippen LogP contribution in [0.2, 0.25) is 0 Å². The first kappa shape index (κ1) is 13.8. The van der Waals surface area contributed by atoms with E-state index in [0.29, 0.717) is 23.3 Å². The first-order valence-corrected chi connectivity index (χ1v) is 6.69. The number of hydrogen-bond acceptors (Lipinski definition) is 2. The van der Waals surface area contributed by atoms with E-state index in [1.807, 2.05) is 6.92 Å². The summed E-state index contributed by atoms with van der Waals surface area (Å²) in [6.45, 7) is 2.04. The minimum absolute atomic E-state index is 0.137. The summed E-state index contributed by atoms with van der Waals surface area (Å²) < 4.78 is 19.5. The maximum Gasteiger partial charge on any atom is 0.255 e. The average Bonchev–Trinajstić information content (AvgIpc) is 2.88. The second-order valence-electron chi connectivity index (χ2n) is 4.03. The van der Waals surface area contributed by atoms with Gasteiger partial charge in [0.2, 0.25) is 0 Å². The summed E-state index contributed by atoms with van der Waals surface area (Å²) in [4.78, 5) is 11.9. The Morgan fingerprint density at radius 1 is 1.42 bits per heavy atom. The van der Waals surface area contributed by atoms with E-state index in [2.05, 4.69) is 21.2 Å². The highest BCUT2D eigenvalue weighted by Gasteiger charge is 2.13. The minimum Gasteiger partial charge on any atom is -0.469 e. The molecule has 0 bridgehead atoms. The third-order valence-corrected chi connectivity index (χ3v) is 3.25. The quantitative estimate of drug-likeness (QED) is 0.931. The van der Waals surface area contributed by atoms with Crippen LogP contribution in [0.25, 0.3) is 0 Å². The fourth-order valence-corrected chi connectivity index (χ4v) is 2.17. The Morgan fingerprint density at radius 2 is 2.21 bits per heavy atom. The van der Waals surface area contributed by atoms with Crippen molar-refractivity contribution in [3.8, 4) is 0 Å². The van der Waals surface area contributed by atoms with Crippen LogP contribution in [-0.2, 0) is 13.0 Å². The minimum atomic E-state index is -0.341. The van der Waals surface area contributed by atoms with Gasteiger partial charge in [-0.1, -0.05) is 22.9 Å². The molecule has 2 rings (SSSR count). The molecule has 100 valence electrons. The number of hydrogen-bond donors (Lipinski definition) is 1. The van der Waals surface area contributed by atoms with Crippen molar-refractivity contribution < 1.29 is 13.6 Å². The van der Waals surface area contributed by atoms with Crippen molar-refractivity contribution in [1.29, 1.82) is 0 Å². The number of aryl methyl sites for hydroxylation is 1. The van der Waals surface area contributed by atoms with Crippen LogP contribution in [0.4, 0.5) is 4.39 Å². The maximum atomic E-state index is 13.5. The van der Waals surface area contributed by atoms with Gasteiger partial charge in [-0.25, -0.2) is 4.39 Å². The van der Waals surface area contributed by atoms with Crippen LogP contribution in [0.3, 0.4) is 0 Å². The van der Waals surface area contributed by atoms with Crippen LogP contribution in [0.5, 0.6) is 0 Å². The molecule has 5 heteroatoms. The van der Waals surface area contributed by atoms with E-state index in [-0.39, 0.29) is 18.3 Å². The molecule has 1 heterocycles. The molecule has 0 radical (unpaired) electrons. The molecule has 1 aromatic heterocycles. The van der Waals surface area contributed by atoms with Gasteiger partial charge in [0.1, 0.15) is 11.6 Å². The highest BCUT2D eigenvalue weighted by atomic mass is 79.9. The Balaban J connectivity index is 2.06. The predicted octanol–water partition coefficient (Wildman–Crippen LogP) is 3.67. The van der Waals surface area contributed by atoms with Crippen molar-refractivity contribution in [2.24, 2.45) is 0 Å². The molecule has 1 aromatic carbocycles. The second-order valence-corrected chi connectivity index (χ2v) is 4.95. The second kappa shape index (κ2) is 6.02. The van der Waals surface area contributed by atoms with E-state index < -0.39 is 0 Å². The van der Waals surface area contributed by atoms with E-state index in [0.717, 1.165) is 4.47 Å². The summed E-state index contributed by atoms with van der Waals surface area (Å²) in [5.74, 6) is 0.0311. The molecular weight excluding hydrogens is 313 g/mol. The van der Waals surface area contributed by atoms with Crippen molar-refractivity contribution >= 4 is 21.8 Å². The Labute approximate surface area is 118 Å². The Hall–Kier alpha value is -1.62. The van der Waals surface area contributed by atoms with Crippen molar-refractivity contribution in [3.05, 3.63) is 57.7 Å². The van der Waals surface area contributed by atoms with E-state index in [4.69, 9.17) is 4.42 Å². The first-order chi connectivity index (χ1) is 9.11. The Kier molecular flexibility index (Phi) is 4.37. The summed E-state index contributed by atoms with van der Waals surface area (Å²) in [6, 6.07) is 6.24. The van der Waals surface area contributed by atoms with Gasteiger partial charge >= 0.3 is 0 Å². The lowest BCUT2D eigenvalue weighted by Gasteiger charge is -2.06. The molecule has 3 nitrogen and oxygen atoms in total. The van der Waals surface area contributed by atoms with Gasteiger partial charge < -0.3 is 9.73 Å². The predicted molar refractivity (Wildman–Crippen MR) is 73.4 cm³/mol. The zero-order valence-corrected chi connectivity index (χ0v) is 12.0. The first-order valence-electron chi connectivity index (χ1n) is 5.90. The molecule has 0 unspecified atom stereocenters. The van der Waals surface area contributed by atoms with Gasteiger partial charge in [-0.2, -0.15) is 0 Å². The fraction of sp³-hybridized carbons (Fsp3) is 0.214. The number of benzene rings is 1. The van der Waals surface area contributed by atoms with Gasteiger partial charge in [0.25, 0.3) is 5.91 Å². The molecule has 2 aromatic rings. The zero-order valence-electron chi connectivity index (χ0n) is 10.4. The summed E-state index contributed by atoms with van der Waals surface area (Å²) >= 11 is 3.27. The van der Waals surface area contributed by atoms with Crippen molar-refractivity contribution in [1.82, 2.24) is 5.32 Å². The largest absolute Gasteiger partial charge is 0.469 e. The summed E-state index contributed by atoms with van der Waals surface area (Å²) in [7, 11) is 0. The van der Waals surface area contributed by atoms with Gasteiger partial charge in [0, 0.05) is 23.0 Å². The average molecular weight is 326 g/mol. The Morgan fingerprint density at radius 3 is 2.95 bits per heavy atom. The van der Waals surface area contributed by atoms with Gasteiger partial charge in [-0.3, -0.25) is 4.79 Å². The molecule has 0 spiro atoms. The van der Waals surface area contributed by atoms with Crippen LogP contribution >= 0.6 is 15.9 Å². The number of rotatable bonds is 4. The summed E-state index contributed by atoms with van der Waals surface area (Å²) in [5.41, 5.74) is 0.933. The molecule has 19 heavy (non-hydrogen) atoms. The smallest absolute Gasteiger partial charge is 0.255 e. The number of furan rings is 1. The molecule has 0 atom stereocenters. The lowest BCUT2D eigenvalue weighted by atomic mass is 10.2. The van der Waals surface area contributed by atoms with Crippen LogP contribution < -0.4 is 5.32 Å². The third-order valence-electron chi connectivity index (χ3n) is 2.76. The summed E-state index contributed by atoms with van der Waals surface area (Å²) in [6.07, 6.45) is 2.12. The van der Waals surface area contributed by atoms with Crippen LogP contribution in [0.15, 0.2) is 39.4 Å². The number of halogens is 2. The standard InChI is InChI=1S/C14H13BrFNO2/c1-2-13-11(5-6-19-13)14(18)17-8-9-7-10(15)3-4-12(9)16/h3-7H,2,8H2,1H3,(H,17,18). The molecule has 1 amide bonds. The van der Waals surface area contributed by atoms with E-state index in [1.54, 1.807) is 18.2 Å². The molecule has 0 aliphatic carbocycles. The molecule has 0 saturated carbocycles. The van der Waals surface area contributed by atoms with Crippen molar-refractivity contribution in [3.63, 3.8) is 0 Å². The Bertz CT molecular complexity index is 595. The normalized spacial score (nSPS) is 10.5. The topological polar surface area (TPSA) is 42.2 Å². The summed E-state index contributed by atoms with van der Waals surface area (Å²) in [5, 5.41) is 2.68. The zero-order chi connectivity index (χ0) is 13.8. The molecule has 0 aliphatic rings. The van der Waals surface area contributed by atoms with Gasteiger partial charge in [0.15, 0.2) is 0 Å². The monoisotopic (exact) mass is 325 g/mol. The fourth-order valence-electron chi connectivity index (χ4n) is 1.77. The molecule has 0 fully saturated rings. The highest BCUT2D eigenvalue weighted by molar-refractivity contribution is 9.10. The number of nitrogens with one attached hydrogen (secondary N) is 1. The lowest BCUT2D eigenvalue weighted by molar-refractivity contribution is 0.0948. The lowest BCUT2D eigenvalue weighted by Crippen LogP contribution is -2.23. The van der Waals surface area contributed by atoms with Gasteiger partial charge in [0.05, 0.1) is 11.8 Å². The SMILES string of the molecule is CCc1occc1C(=O)NCc1cc(Br)ccc1F. The molecule has 1 N–H and O–H groups in total. The van der Waals surface area contributed by atoms with Crippen molar-refractivity contribution in [2.75, 3.05) is 0 Å². The highest BCUT2D eigenvalue weighted by Crippen LogP contribution is 2.16. The number of carbonyl (C=O) groups excluding carboxylic acids is 1. The van der Waals surface area contributed by atoms with E-state index >= 15 is 0 Å². The third kappa shape index (κ3) is 3.23. The van der Waals surface area contributed by atoms with E-state index in [1.165, 1.54) is 12.3 Å². The van der Waals surface area contributed by atoms with E-state index in [9.17, 15) is 9.18 Å².